The van der Waals surface area contributed by atoms with Crippen molar-refractivity contribution >= 4 is 0 Å². The minimum absolute atomic E-state index is 0.213. The van der Waals surface area contributed by atoms with Gasteiger partial charge in [-0.3, -0.25) is 4.90 Å². The molecule has 1 heterocycles. The van der Waals surface area contributed by atoms with E-state index in [2.05, 4.69) is 63.8 Å². The maximum atomic E-state index is 6.42. The van der Waals surface area contributed by atoms with Crippen LogP contribution >= 0.6 is 0 Å². The molecule has 1 fully saturated rings. The fourth-order valence-electron chi connectivity index (χ4n) is 3.25. The van der Waals surface area contributed by atoms with Gasteiger partial charge in [0.2, 0.25) is 0 Å². The molecule has 2 heteroatoms. The first-order valence-corrected chi connectivity index (χ1v) is 7.92. The maximum Gasteiger partial charge on any atom is 0.0501 e. The van der Waals surface area contributed by atoms with Crippen LogP contribution in [-0.2, 0) is 5.41 Å². The predicted molar refractivity (Wildman–Crippen MR) is 86.9 cm³/mol. The summed E-state index contributed by atoms with van der Waals surface area (Å²) in [5.74, 6) is 0. The SMILES string of the molecule is CC(C)N1CCCC(N)C1c1ccc(C(C)(C)C)cc1. The number of rotatable bonds is 2. The summed E-state index contributed by atoms with van der Waals surface area (Å²) in [5.41, 5.74) is 9.40. The summed E-state index contributed by atoms with van der Waals surface area (Å²) in [6.07, 6.45) is 2.35. The Kier molecular flexibility index (Phi) is 4.55. The van der Waals surface area contributed by atoms with Crippen LogP contribution in [0.2, 0.25) is 0 Å². The molecule has 2 nitrogen and oxygen atoms in total. The van der Waals surface area contributed by atoms with Gasteiger partial charge in [-0.15, -0.1) is 0 Å². The van der Waals surface area contributed by atoms with E-state index >= 15 is 0 Å². The molecule has 112 valence electrons. The van der Waals surface area contributed by atoms with Crippen molar-refractivity contribution in [1.29, 1.82) is 0 Å². The lowest BCUT2D eigenvalue weighted by atomic mass is 9.84. The quantitative estimate of drug-likeness (QED) is 0.887. The number of nitrogens with zero attached hydrogens (tertiary/aromatic N) is 1. The van der Waals surface area contributed by atoms with Gasteiger partial charge in [0.15, 0.2) is 0 Å². The van der Waals surface area contributed by atoms with Gasteiger partial charge in [0.25, 0.3) is 0 Å². The third-order valence-corrected chi connectivity index (χ3v) is 4.50. The molecule has 1 aliphatic heterocycles. The van der Waals surface area contributed by atoms with Gasteiger partial charge in [-0.05, 0) is 49.8 Å². The summed E-state index contributed by atoms with van der Waals surface area (Å²) < 4.78 is 0. The Bertz CT molecular complexity index is 428. The van der Waals surface area contributed by atoms with Crippen LogP contribution in [0, 0.1) is 0 Å². The van der Waals surface area contributed by atoms with E-state index in [9.17, 15) is 0 Å². The van der Waals surface area contributed by atoms with Crippen molar-refractivity contribution < 1.29 is 0 Å². The molecule has 2 rings (SSSR count). The van der Waals surface area contributed by atoms with Gasteiger partial charge in [-0.25, -0.2) is 0 Å². The van der Waals surface area contributed by atoms with Crippen molar-refractivity contribution in [2.24, 2.45) is 5.73 Å². The smallest absolute Gasteiger partial charge is 0.0501 e. The van der Waals surface area contributed by atoms with Crippen molar-refractivity contribution in [3.05, 3.63) is 35.4 Å². The van der Waals surface area contributed by atoms with Crippen LogP contribution in [0.25, 0.3) is 0 Å². The Labute approximate surface area is 124 Å². The van der Waals surface area contributed by atoms with Crippen LogP contribution in [0.5, 0.6) is 0 Å². The molecule has 1 aromatic carbocycles. The average molecular weight is 274 g/mol. The van der Waals surface area contributed by atoms with E-state index in [1.54, 1.807) is 0 Å². The largest absolute Gasteiger partial charge is 0.326 e. The zero-order valence-corrected chi connectivity index (χ0v) is 13.7. The molecule has 20 heavy (non-hydrogen) atoms. The minimum Gasteiger partial charge on any atom is -0.326 e. The fraction of sp³-hybridized carbons (Fsp3) is 0.667. The molecule has 0 aliphatic carbocycles. The first-order chi connectivity index (χ1) is 9.30. The highest BCUT2D eigenvalue weighted by molar-refractivity contribution is 5.30. The summed E-state index contributed by atoms with van der Waals surface area (Å²) in [6, 6.07) is 10.3. The molecular formula is C18H30N2. The van der Waals surface area contributed by atoms with Gasteiger partial charge < -0.3 is 5.73 Å². The molecule has 0 bridgehead atoms. The van der Waals surface area contributed by atoms with Crippen LogP contribution < -0.4 is 5.73 Å². The molecule has 0 saturated carbocycles. The van der Waals surface area contributed by atoms with Gasteiger partial charge in [-0.1, -0.05) is 45.0 Å². The summed E-state index contributed by atoms with van der Waals surface area (Å²) in [4.78, 5) is 2.56. The van der Waals surface area contributed by atoms with Gasteiger partial charge in [0.1, 0.15) is 0 Å². The molecule has 0 aromatic heterocycles. The van der Waals surface area contributed by atoms with Crippen LogP contribution in [0.3, 0.4) is 0 Å². The van der Waals surface area contributed by atoms with E-state index in [1.807, 2.05) is 0 Å². The summed E-state index contributed by atoms with van der Waals surface area (Å²) in [5, 5.41) is 0. The van der Waals surface area contributed by atoms with Gasteiger partial charge in [0.05, 0.1) is 6.04 Å². The summed E-state index contributed by atoms with van der Waals surface area (Å²) in [7, 11) is 0. The maximum absolute atomic E-state index is 6.42. The highest BCUT2D eigenvalue weighted by Gasteiger charge is 2.31. The van der Waals surface area contributed by atoms with E-state index in [0.717, 1.165) is 13.0 Å². The highest BCUT2D eigenvalue weighted by atomic mass is 15.2. The zero-order valence-electron chi connectivity index (χ0n) is 13.7. The number of benzene rings is 1. The van der Waals surface area contributed by atoms with E-state index in [1.165, 1.54) is 17.5 Å². The lowest BCUT2D eigenvalue weighted by Crippen LogP contribution is -2.48. The van der Waals surface area contributed by atoms with E-state index in [0.29, 0.717) is 12.1 Å². The van der Waals surface area contributed by atoms with Crippen molar-refractivity contribution in [2.45, 2.75) is 71.0 Å². The number of hydrogen-bond acceptors (Lipinski definition) is 2. The second-order valence-corrected chi connectivity index (χ2v) is 7.45. The monoisotopic (exact) mass is 274 g/mol. The predicted octanol–water partition coefficient (Wildman–Crippen LogP) is 3.86. The Morgan fingerprint density at radius 2 is 1.75 bits per heavy atom. The Morgan fingerprint density at radius 1 is 1.15 bits per heavy atom. The highest BCUT2D eigenvalue weighted by Crippen LogP contribution is 2.33. The van der Waals surface area contributed by atoms with Crippen molar-refractivity contribution in [3.63, 3.8) is 0 Å². The molecule has 2 N–H and O–H groups in total. The number of hydrogen-bond donors (Lipinski definition) is 1. The molecule has 2 atom stereocenters. The zero-order chi connectivity index (χ0) is 14.9. The topological polar surface area (TPSA) is 29.3 Å². The average Bonchev–Trinajstić information content (AvgIpc) is 2.37. The summed E-state index contributed by atoms with van der Waals surface area (Å²) >= 11 is 0. The fourth-order valence-corrected chi connectivity index (χ4v) is 3.25. The van der Waals surface area contributed by atoms with Crippen molar-refractivity contribution in [3.8, 4) is 0 Å². The van der Waals surface area contributed by atoms with E-state index < -0.39 is 0 Å². The molecule has 2 unspecified atom stereocenters. The second-order valence-electron chi connectivity index (χ2n) is 7.45. The number of piperidine rings is 1. The molecule has 1 saturated heterocycles. The Balaban J connectivity index is 2.28. The molecule has 1 aromatic rings. The molecule has 0 spiro atoms. The van der Waals surface area contributed by atoms with Crippen LogP contribution in [0.4, 0.5) is 0 Å². The standard InChI is InChI=1S/C18H30N2/c1-13(2)20-12-6-7-16(19)17(20)14-8-10-15(11-9-14)18(3,4)5/h8-11,13,16-17H,6-7,12,19H2,1-5H3. The van der Waals surface area contributed by atoms with E-state index in [-0.39, 0.29) is 11.5 Å². The molecule has 0 amide bonds. The third-order valence-electron chi connectivity index (χ3n) is 4.50. The first kappa shape index (κ1) is 15.5. The Hall–Kier alpha value is -0.860. The van der Waals surface area contributed by atoms with Crippen molar-refractivity contribution in [1.82, 2.24) is 4.90 Å². The van der Waals surface area contributed by atoms with Crippen LogP contribution in [-0.4, -0.2) is 23.5 Å². The third kappa shape index (κ3) is 3.24. The molecular weight excluding hydrogens is 244 g/mol. The van der Waals surface area contributed by atoms with Crippen LogP contribution in [0.1, 0.15) is 64.6 Å². The lowest BCUT2D eigenvalue weighted by molar-refractivity contribution is 0.0947. The minimum atomic E-state index is 0.213. The lowest BCUT2D eigenvalue weighted by Gasteiger charge is -2.42. The number of likely N-dealkylation sites (tertiary alicyclic amines) is 1. The van der Waals surface area contributed by atoms with Crippen molar-refractivity contribution in [2.75, 3.05) is 6.54 Å². The summed E-state index contributed by atoms with van der Waals surface area (Å²) in [6.45, 7) is 12.5. The molecule has 0 radical (unpaired) electrons. The first-order valence-electron chi connectivity index (χ1n) is 7.92. The van der Waals surface area contributed by atoms with Gasteiger partial charge in [0, 0.05) is 12.1 Å². The van der Waals surface area contributed by atoms with Gasteiger partial charge >= 0.3 is 0 Å². The van der Waals surface area contributed by atoms with Gasteiger partial charge in [-0.2, -0.15) is 0 Å². The molecule has 1 aliphatic rings. The second kappa shape index (κ2) is 5.87. The van der Waals surface area contributed by atoms with E-state index in [4.69, 9.17) is 5.73 Å². The van der Waals surface area contributed by atoms with Crippen LogP contribution in [0.15, 0.2) is 24.3 Å². The normalized spacial score (nSPS) is 25.1. The Morgan fingerprint density at radius 3 is 2.25 bits per heavy atom. The number of nitrogens with two attached hydrogens (primary N) is 1.